The zero-order chi connectivity index (χ0) is 19.2. The minimum atomic E-state index is -0.161. The van der Waals surface area contributed by atoms with E-state index in [0.29, 0.717) is 32.6 Å². The fraction of sp³-hybridized carbons (Fsp3) is 0.235. The van der Waals surface area contributed by atoms with E-state index in [1.54, 1.807) is 0 Å². The second-order valence-corrected chi connectivity index (χ2v) is 7.92. The van der Waals surface area contributed by atoms with Crippen LogP contribution in [0.15, 0.2) is 28.8 Å². The molecule has 0 spiro atoms. The zero-order valence-corrected chi connectivity index (χ0v) is 16.5. The third-order valence-corrected chi connectivity index (χ3v) is 4.46. The summed E-state index contributed by atoms with van der Waals surface area (Å²) < 4.78 is 6.33. The lowest BCUT2D eigenvalue weighted by molar-refractivity contribution is 0.402. The van der Waals surface area contributed by atoms with E-state index in [2.05, 4.69) is 35.6 Å². The quantitative estimate of drug-likeness (QED) is 0.367. The van der Waals surface area contributed by atoms with Crippen molar-refractivity contribution < 1.29 is 4.52 Å². The molecular formula is C17H17N7OS2. The van der Waals surface area contributed by atoms with E-state index in [1.807, 2.05) is 45.0 Å². The molecule has 1 aromatic carbocycles. The summed E-state index contributed by atoms with van der Waals surface area (Å²) in [4.78, 5) is 10.4. The first-order chi connectivity index (χ1) is 12.8. The molecule has 0 saturated heterocycles. The Morgan fingerprint density at radius 2 is 1.81 bits per heavy atom. The van der Waals surface area contributed by atoms with E-state index in [4.69, 9.17) is 29.0 Å². The summed E-state index contributed by atoms with van der Waals surface area (Å²) in [5.74, 6) is 1.85. The molecule has 0 aliphatic heterocycles. The number of hydrogen-bond donors (Lipinski definition) is 4. The normalized spacial score (nSPS) is 11.8. The van der Waals surface area contributed by atoms with Crippen LogP contribution in [0.3, 0.4) is 0 Å². The molecule has 3 aromatic heterocycles. The van der Waals surface area contributed by atoms with Crippen molar-refractivity contribution in [1.82, 2.24) is 30.3 Å². The Bertz CT molecular complexity index is 1230. The Kier molecular flexibility index (Phi) is 4.16. The number of rotatable bonds is 3. The molecular weight excluding hydrogens is 382 g/mol. The Morgan fingerprint density at radius 1 is 1.07 bits per heavy atom. The third-order valence-electron chi connectivity index (χ3n) is 3.95. The molecule has 27 heavy (non-hydrogen) atoms. The monoisotopic (exact) mass is 399 g/mol. The maximum atomic E-state index is 5.38. The predicted molar refractivity (Wildman–Crippen MR) is 108 cm³/mol. The fourth-order valence-corrected chi connectivity index (χ4v) is 3.10. The molecule has 0 bridgehead atoms. The van der Waals surface area contributed by atoms with Gasteiger partial charge in [0.05, 0.1) is 5.39 Å². The predicted octanol–water partition coefficient (Wildman–Crippen LogP) is 4.77. The van der Waals surface area contributed by atoms with Crippen LogP contribution in [0.25, 0.3) is 22.5 Å². The molecule has 0 aliphatic carbocycles. The highest BCUT2D eigenvalue weighted by Crippen LogP contribution is 2.27. The highest BCUT2D eigenvalue weighted by molar-refractivity contribution is 7.72. The molecule has 8 nitrogen and oxygen atoms in total. The van der Waals surface area contributed by atoms with Crippen molar-refractivity contribution in [3.8, 4) is 11.5 Å². The van der Waals surface area contributed by atoms with Gasteiger partial charge in [-0.1, -0.05) is 38.1 Å². The van der Waals surface area contributed by atoms with Gasteiger partial charge in [0.15, 0.2) is 16.2 Å². The van der Waals surface area contributed by atoms with Gasteiger partial charge in [-0.2, -0.15) is 10.1 Å². The van der Waals surface area contributed by atoms with Crippen LogP contribution in [0, 0.1) is 9.41 Å². The Balaban J connectivity index is 1.61. The number of fused-ring (bicyclic) bond motifs is 1. The minimum absolute atomic E-state index is 0.161. The first kappa shape index (κ1) is 17.6. The van der Waals surface area contributed by atoms with E-state index in [9.17, 15) is 0 Å². The van der Waals surface area contributed by atoms with Gasteiger partial charge in [-0.05, 0) is 36.5 Å². The SMILES string of the molecule is CC(C)(C)c1noc(-c2ccc(Nc3[nH]nc4[nH]c(=S)[nH]c(=S)c34)cc2)n1. The Hall–Kier alpha value is -2.85. The van der Waals surface area contributed by atoms with Crippen LogP contribution in [-0.2, 0) is 5.41 Å². The number of aromatic amines is 3. The van der Waals surface area contributed by atoms with Crippen LogP contribution in [0.1, 0.15) is 26.6 Å². The highest BCUT2D eigenvalue weighted by atomic mass is 32.1. The molecule has 4 aromatic rings. The number of anilines is 2. The first-order valence-corrected chi connectivity index (χ1v) is 9.05. The molecule has 0 atom stereocenters. The van der Waals surface area contributed by atoms with E-state index >= 15 is 0 Å². The van der Waals surface area contributed by atoms with Gasteiger partial charge in [0, 0.05) is 16.7 Å². The lowest BCUT2D eigenvalue weighted by Gasteiger charge is -2.10. The molecule has 4 rings (SSSR count). The summed E-state index contributed by atoms with van der Waals surface area (Å²) in [6, 6.07) is 7.66. The van der Waals surface area contributed by atoms with E-state index in [0.717, 1.165) is 16.6 Å². The van der Waals surface area contributed by atoms with Gasteiger partial charge in [0.1, 0.15) is 10.5 Å². The summed E-state index contributed by atoms with van der Waals surface area (Å²) in [6.07, 6.45) is 0. The van der Waals surface area contributed by atoms with Gasteiger partial charge in [-0.3, -0.25) is 5.10 Å². The summed E-state index contributed by atoms with van der Waals surface area (Å²) in [5, 5.41) is 15.2. The van der Waals surface area contributed by atoms with Crippen molar-refractivity contribution in [3.63, 3.8) is 0 Å². The molecule has 138 valence electrons. The molecule has 4 N–H and O–H groups in total. The van der Waals surface area contributed by atoms with Crippen molar-refractivity contribution in [1.29, 1.82) is 0 Å². The van der Waals surface area contributed by atoms with Crippen LogP contribution in [-0.4, -0.2) is 30.3 Å². The zero-order valence-electron chi connectivity index (χ0n) is 14.9. The average Bonchev–Trinajstić information content (AvgIpc) is 3.23. The van der Waals surface area contributed by atoms with Crippen LogP contribution in [0.4, 0.5) is 11.5 Å². The average molecular weight is 400 g/mol. The molecule has 0 saturated carbocycles. The lowest BCUT2D eigenvalue weighted by atomic mass is 9.96. The maximum Gasteiger partial charge on any atom is 0.257 e. The Labute approximate surface area is 164 Å². The largest absolute Gasteiger partial charge is 0.340 e. The second kappa shape index (κ2) is 6.39. The van der Waals surface area contributed by atoms with E-state index in [1.165, 1.54) is 0 Å². The molecule has 0 radical (unpaired) electrons. The van der Waals surface area contributed by atoms with E-state index < -0.39 is 0 Å². The molecule has 10 heteroatoms. The lowest BCUT2D eigenvalue weighted by Crippen LogP contribution is -2.13. The van der Waals surface area contributed by atoms with Crippen molar-refractivity contribution in [3.05, 3.63) is 39.5 Å². The van der Waals surface area contributed by atoms with Gasteiger partial charge in [0.2, 0.25) is 0 Å². The van der Waals surface area contributed by atoms with Crippen molar-refractivity contribution in [2.24, 2.45) is 0 Å². The number of aromatic nitrogens is 6. The summed E-state index contributed by atoms with van der Waals surface area (Å²) in [6.45, 7) is 6.13. The van der Waals surface area contributed by atoms with Gasteiger partial charge >= 0.3 is 0 Å². The fourth-order valence-electron chi connectivity index (χ4n) is 2.53. The topological polar surface area (TPSA) is 111 Å². The number of H-pyrrole nitrogens is 3. The van der Waals surface area contributed by atoms with Gasteiger partial charge in [-0.25, -0.2) is 0 Å². The van der Waals surface area contributed by atoms with Gasteiger partial charge in [-0.15, -0.1) is 0 Å². The standard InChI is InChI=1S/C17H17N7OS2/c1-17(2,3)15-20-13(25-24-15)8-4-6-9(7-5-8)18-11-10-12(23-22-11)19-16(27)21-14(10)26/h4-7H,1-3H3,(H4,18,19,21,22,23,26,27). The molecule has 0 fully saturated rings. The Morgan fingerprint density at radius 3 is 2.48 bits per heavy atom. The highest BCUT2D eigenvalue weighted by Gasteiger charge is 2.21. The maximum absolute atomic E-state index is 5.38. The number of nitrogens with one attached hydrogen (secondary N) is 4. The van der Waals surface area contributed by atoms with Gasteiger partial charge < -0.3 is 19.8 Å². The molecule has 0 amide bonds. The van der Waals surface area contributed by atoms with Crippen LogP contribution in [0.5, 0.6) is 0 Å². The van der Waals surface area contributed by atoms with Gasteiger partial charge in [0.25, 0.3) is 5.89 Å². The minimum Gasteiger partial charge on any atom is -0.340 e. The van der Waals surface area contributed by atoms with Crippen molar-refractivity contribution >= 4 is 47.0 Å². The first-order valence-electron chi connectivity index (χ1n) is 8.23. The van der Waals surface area contributed by atoms with Crippen molar-refractivity contribution in [2.75, 3.05) is 5.32 Å². The van der Waals surface area contributed by atoms with Crippen LogP contribution in [0.2, 0.25) is 0 Å². The number of hydrogen-bond acceptors (Lipinski definition) is 7. The smallest absolute Gasteiger partial charge is 0.257 e. The second-order valence-electron chi connectivity index (χ2n) is 7.11. The molecule has 3 heterocycles. The van der Waals surface area contributed by atoms with E-state index in [-0.39, 0.29) is 5.41 Å². The third kappa shape index (κ3) is 3.40. The van der Waals surface area contributed by atoms with Crippen molar-refractivity contribution in [2.45, 2.75) is 26.2 Å². The molecule has 0 unspecified atom stereocenters. The summed E-state index contributed by atoms with van der Waals surface area (Å²) in [5.41, 5.74) is 2.14. The summed E-state index contributed by atoms with van der Waals surface area (Å²) >= 11 is 10.4. The number of nitrogens with zero attached hydrogens (tertiary/aromatic N) is 3. The molecule has 0 aliphatic rings. The summed E-state index contributed by atoms with van der Waals surface area (Å²) in [7, 11) is 0. The number of benzene rings is 1. The van der Waals surface area contributed by atoms with Crippen LogP contribution >= 0.6 is 24.4 Å². The van der Waals surface area contributed by atoms with Crippen LogP contribution < -0.4 is 5.32 Å².